The highest BCUT2D eigenvalue weighted by atomic mass is 16.3. The number of rotatable bonds is 3. The van der Waals surface area contributed by atoms with Crippen LogP contribution in [-0.4, -0.2) is 15.8 Å². The number of fused-ring (bicyclic) bond motifs is 1. The maximum absolute atomic E-state index is 10.5. The maximum atomic E-state index is 10.5. The molecule has 2 aromatic heterocycles. The first kappa shape index (κ1) is 10.8. The molecule has 0 radical (unpaired) electrons. The van der Waals surface area contributed by atoms with E-state index in [9.17, 15) is 4.79 Å². The zero-order valence-corrected chi connectivity index (χ0v) is 9.96. The molecular formula is C14H12N2O2. The summed E-state index contributed by atoms with van der Waals surface area (Å²) in [6, 6.07) is 9.64. The summed E-state index contributed by atoms with van der Waals surface area (Å²) in [5.74, 6) is 1.15. The highest BCUT2D eigenvalue weighted by Gasteiger charge is 2.05. The zero-order valence-electron chi connectivity index (χ0n) is 9.96. The number of hydrogen-bond acceptors (Lipinski definition) is 3. The number of aryl methyl sites for hydroxylation is 1. The Balaban J connectivity index is 1.92. The molecule has 3 rings (SSSR count). The predicted molar refractivity (Wildman–Crippen MR) is 67.6 cm³/mol. The smallest absolute Gasteiger partial charge is 0.185 e. The number of furan rings is 1. The number of benzene rings is 1. The molecule has 0 amide bonds. The monoisotopic (exact) mass is 240 g/mol. The van der Waals surface area contributed by atoms with Crippen molar-refractivity contribution in [1.29, 1.82) is 0 Å². The van der Waals surface area contributed by atoms with Gasteiger partial charge in [-0.1, -0.05) is 6.07 Å². The van der Waals surface area contributed by atoms with Gasteiger partial charge in [-0.05, 0) is 29.8 Å². The highest BCUT2D eigenvalue weighted by molar-refractivity contribution is 5.76. The minimum atomic E-state index is 0.365. The molecule has 0 fully saturated rings. The first-order chi connectivity index (χ1) is 8.76. The lowest BCUT2D eigenvalue weighted by atomic mass is 10.1. The van der Waals surface area contributed by atoms with Crippen LogP contribution in [-0.2, 0) is 13.5 Å². The van der Waals surface area contributed by atoms with E-state index in [2.05, 4.69) is 4.98 Å². The standard InChI is InChI=1S/C14H12N2O2/c1-16-9-15-13-7-10(2-5-14(13)16)6-11-3-4-12(8-17)18-11/h2-5,7-9H,6H2,1H3. The lowest BCUT2D eigenvalue weighted by Gasteiger charge is -1.99. The molecule has 0 N–H and O–H groups in total. The summed E-state index contributed by atoms with van der Waals surface area (Å²) in [5.41, 5.74) is 3.19. The molecule has 0 bridgehead atoms. The van der Waals surface area contributed by atoms with E-state index in [0.717, 1.165) is 22.4 Å². The van der Waals surface area contributed by atoms with Crippen molar-refractivity contribution in [2.75, 3.05) is 0 Å². The van der Waals surface area contributed by atoms with Crippen LogP contribution >= 0.6 is 0 Å². The summed E-state index contributed by atoms with van der Waals surface area (Å²) < 4.78 is 7.34. The van der Waals surface area contributed by atoms with Crippen molar-refractivity contribution in [3.05, 3.63) is 53.7 Å². The lowest BCUT2D eigenvalue weighted by Crippen LogP contribution is -1.87. The van der Waals surface area contributed by atoms with E-state index in [-0.39, 0.29) is 0 Å². The van der Waals surface area contributed by atoms with E-state index in [1.54, 1.807) is 12.4 Å². The van der Waals surface area contributed by atoms with Crippen LogP contribution in [0, 0.1) is 0 Å². The van der Waals surface area contributed by atoms with Gasteiger partial charge in [0.25, 0.3) is 0 Å². The molecular weight excluding hydrogens is 228 g/mol. The molecule has 0 saturated heterocycles. The Bertz CT molecular complexity index is 709. The molecule has 4 heteroatoms. The lowest BCUT2D eigenvalue weighted by molar-refractivity contribution is 0.109. The van der Waals surface area contributed by atoms with Crippen molar-refractivity contribution in [2.24, 2.45) is 7.05 Å². The second-order valence-corrected chi connectivity index (χ2v) is 4.28. The number of aldehydes is 1. The number of carbonyl (C=O) groups is 1. The fraction of sp³-hybridized carbons (Fsp3) is 0.143. The number of hydrogen-bond donors (Lipinski definition) is 0. The molecule has 0 atom stereocenters. The largest absolute Gasteiger partial charge is 0.458 e. The van der Waals surface area contributed by atoms with Crippen LogP contribution in [0.4, 0.5) is 0 Å². The van der Waals surface area contributed by atoms with E-state index >= 15 is 0 Å². The molecule has 2 heterocycles. The molecule has 0 saturated carbocycles. The van der Waals surface area contributed by atoms with Crippen LogP contribution in [0.2, 0.25) is 0 Å². The van der Waals surface area contributed by atoms with Crippen LogP contribution in [0.25, 0.3) is 11.0 Å². The van der Waals surface area contributed by atoms with Crippen molar-refractivity contribution in [3.63, 3.8) is 0 Å². The Morgan fingerprint density at radius 3 is 3.00 bits per heavy atom. The predicted octanol–water partition coefficient (Wildman–Crippen LogP) is 2.57. The average molecular weight is 240 g/mol. The number of aromatic nitrogens is 2. The minimum absolute atomic E-state index is 0.365. The number of imidazole rings is 1. The second kappa shape index (κ2) is 4.14. The van der Waals surface area contributed by atoms with Gasteiger partial charge in [-0.3, -0.25) is 4.79 Å². The molecule has 1 aromatic carbocycles. The SMILES string of the molecule is Cn1cnc2cc(Cc3ccc(C=O)o3)ccc21. The Kier molecular flexibility index (Phi) is 2.48. The van der Waals surface area contributed by atoms with Crippen molar-refractivity contribution >= 4 is 17.3 Å². The van der Waals surface area contributed by atoms with Gasteiger partial charge in [0.05, 0.1) is 17.4 Å². The van der Waals surface area contributed by atoms with Crippen LogP contribution in [0.5, 0.6) is 0 Å². The molecule has 4 nitrogen and oxygen atoms in total. The van der Waals surface area contributed by atoms with Gasteiger partial charge in [-0.15, -0.1) is 0 Å². The van der Waals surface area contributed by atoms with Gasteiger partial charge in [0.2, 0.25) is 0 Å². The van der Waals surface area contributed by atoms with Gasteiger partial charge in [-0.2, -0.15) is 0 Å². The third kappa shape index (κ3) is 1.82. The van der Waals surface area contributed by atoms with Gasteiger partial charge in [0.1, 0.15) is 5.76 Å². The van der Waals surface area contributed by atoms with Gasteiger partial charge >= 0.3 is 0 Å². The Morgan fingerprint density at radius 1 is 1.33 bits per heavy atom. The summed E-state index contributed by atoms with van der Waals surface area (Å²) in [6.07, 6.45) is 3.18. The van der Waals surface area contributed by atoms with Crippen LogP contribution in [0.1, 0.15) is 21.9 Å². The molecule has 18 heavy (non-hydrogen) atoms. The van der Waals surface area contributed by atoms with E-state index in [0.29, 0.717) is 18.5 Å². The van der Waals surface area contributed by atoms with E-state index < -0.39 is 0 Å². The molecule has 0 unspecified atom stereocenters. The van der Waals surface area contributed by atoms with Gasteiger partial charge in [0.15, 0.2) is 12.0 Å². The quantitative estimate of drug-likeness (QED) is 0.661. The fourth-order valence-corrected chi connectivity index (χ4v) is 2.05. The topological polar surface area (TPSA) is 48.0 Å². The van der Waals surface area contributed by atoms with Crippen molar-refractivity contribution in [1.82, 2.24) is 9.55 Å². The molecule has 0 aliphatic heterocycles. The Hall–Kier alpha value is -2.36. The van der Waals surface area contributed by atoms with Crippen molar-refractivity contribution < 1.29 is 9.21 Å². The van der Waals surface area contributed by atoms with Crippen molar-refractivity contribution in [3.8, 4) is 0 Å². The molecule has 3 aromatic rings. The first-order valence-electron chi connectivity index (χ1n) is 5.70. The summed E-state index contributed by atoms with van der Waals surface area (Å²) in [7, 11) is 1.97. The van der Waals surface area contributed by atoms with E-state index in [1.807, 2.05) is 35.9 Å². The van der Waals surface area contributed by atoms with Crippen LogP contribution < -0.4 is 0 Å². The van der Waals surface area contributed by atoms with E-state index in [1.165, 1.54) is 0 Å². The molecule has 0 aliphatic carbocycles. The van der Waals surface area contributed by atoms with Gasteiger partial charge in [0, 0.05) is 13.5 Å². The zero-order chi connectivity index (χ0) is 12.5. The summed E-state index contributed by atoms with van der Waals surface area (Å²) >= 11 is 0. The normalized spacial score (nSPS) is 10.9. The number of nitrogens with zero attached hydrogens (tertiary/aromatic N) is 2. The van der Waals surface area contributed by atoms with Crippen molar-refractivity contribution in [2.45, 2.75) is 6.42 Å². The van der Waals surface area contributed by atoms with Crippen LogP contribution in [0.15, 0.2) is 41.1 Å². The Morgan fingerprint density at radius 2 is 2.22 bits per heavy atom. The maximum Gasteiger partial charge on any atom is 0.185 e. The van der Waals surface area contributed by atoms with Gasteiger partial charge in [-0.25, -0.2) is 4.98 Å². The average Bonchev–Trinajstić information content (AvgIpc) is 2.97. The van der Waals surface area contributed by atoms with Gasteiger partial charge < -0.3 is 8.98 Å². The van der Waals surface area contributed by atoms with Crippen LogP contribution in [0.3, 0.4) is 0 Å². The fourth-order valence-electron chi connectivity index (χ4n) is 2.05. The molecule has 0 aliphatic rings. The second-order valence-electron chi connectivity index (χ2n) is 4.28. The molecule has 90 valence electrons. The Labute approximate surface area is 104 Å². The summed E-state index contributed by atoms with van der Waals surface area (Å²) in [6.45, 7) is 0. The minimum Gasteiger partial charge on any atom is -0.458 e. The first-order valence-corrected chi connectivity index (χ1v) is 5.70. The highest BCUT2D eigenvalue weighted by Crippen LogP contribution is 2.17. The van der Waals surface area contributed by atoms with E-state index in [4.69, 9.17) is 4.42 Å². The molecule has 0 spiro atoms. The third-order valence-electron chi connectivity index (χ3n) is 2.97. The third-order valence-corrected chi connectivity index (χ3v) is 2.97. The summed E-state index contributed by atoms with van der Waals surface area (Å²) in [5, 5.41) is 0. The number of carbonyl (C=O) groups excluding carboxylic acids is 1. The summed E-state index contributed by atoms with van der Waals surface area (Å²) in [4.78, 5) is 14.9.